The zero-order valence-corrected chi connectivity index (χ0v) is 9.76. The van der Waals surface area contributed by atoms with Crippen LogP contribution in [0.5, 0.6) is 0 Å². The monoisotopic (exact) mass is 259 g/mol. The van der Waals surface area contributed by atoms with E-state index in [1.165, 1.54) is 0 Å². The first-order valence-electron chi connectivity index (χ1n) is 4.77. The molecule has 2 atom stereocenters. The van der Waals surface area contributed by atoms with Gasteiger partial charge in [0, 0.05) is 0 Å². The van der Waals surface area contributed by atoms with Crippen molar-refractivity contribution in [2.75, 3.05) is 0 Å². The number of hydrogen-bond acceptors (Lipinski definition) is 3. The number of carbonyl (C=O) groups is 2. The van der Waals surface area contributed by atoms with Gasteiger partial charge in [0.05, 0.1) is 5.92 Å². The summed E-state index contributed by atoms with van der Waals surface area (Å²) in [6.07, 6.45) is 0.115. The van der Waals surface area contributed by atoms with E-state index in [9.17, 15) is 9.59 Å². The number of carboxylic acids is 2. The van der Waals surface area contributed by atoms with E-state index in [2.05, 4.69) is 0 Å². The van der Waals surface area contributed by atoms with E-state index >= 15 is 0 Å². The molecule has 1 rings (SSSR count). The van der Waals surface area contributed by atoms with Crippen molar-refractivity contribution in [1.82, 2.24) is 0 Å². The number of nitrogens with two attached hydrogens (primary N) is 1. The van der Waals surface area contributed by atoms with Crippen LogP contribution < -0.4 is 5.73 Å². The van der Waals surface area contributed by atoms with Gasteiger partial charge in [0.2, 0.25) is 0 Å². The summed E-state index contributed by atoms with van der Waals surface area (Å²) in [5.41, 5.74) is 6.09. The van der Waals surface area contributed by atoms with Crippen molar-refractivity contribution in [1.29, 1.82) is 0 Å². The molecule has 94 valence electrons. The first kappa shape index (κ1) is 15.4. The molecule has 0 heterocycles. The summed E-state index contributed by atoms with van der Waals surface area (Å²) in [7, 11) is 0. The summed E-state index contributed by atoms with van der Waals surface area (Å²) in [5, 5.41) is 17.6. The smallest absolute Gasteiger partial charge is 0.321 e. The molecule has 1 aromatic rings. The van der Waals surface area contributed by atoms with E-state index in [4.69, 9.17) is 15.9 Å². The quantitative estimate of drug-likeness (QED) is 0.725. The predicted octanol–water partition coefficient (Wildman–Crippen LogP) is 0.764. The van der Waals surface area contributed by atoms with Gasteiger partial charge in [-0.05, 0) is 12.0 Å². The van der Waals surface area contributed by atoms with Crippen molar-refractivity contribution in [2.45, 2.75) is 12.5 Å². The maximum Gasteiger partial charge on any atom is 0.321 e. The van der Waals surface area contributed by atoms with Crippen LogP contribution in [0, 0.1) is 5.92 Å². The minimum Gasteiger partial charge on any atom is -0.481 e. The summed E-state index contributed by atoms with van der Waals surface area (Å²) in [6.45, 7) is 0. The second-order valence-electron chi connectivity index (χ2n) is 3.50. The van der Waals surface area contributed by atoms with E-state index in [1.54, 1.807) is 30.3 Å². The van der Waals surface area contributed by atoms with Crippen LogP contribution in [0.1, 0.15) is 5.56 Å². The van der Waals surface area contributed by atoms with Crippen LogP contribution in [0.25, 0.3) is 0 Å². The Morgan fingerprint density at radius 1 is 1.12 bits per heavy atom. The van der Waals surface area contributed by atoms with Gasteiger partial charge in [-0.1, -0.05) is 30.3 Å². The van der Waals surface area contributed by atoms with Crippen LogP contribution in [-0.2, 0) is 16.0 Å². The molecule has 0 radical (unpaired) electrons. The van der Waals surface area contributed by atoms with Crippen molar-refractivity contribution < 1.29 is 19.8 Å². The van der Waals surface area contributed by atoms with Crippen molar-refractivity contribution in [3.63, 3.8) is 0 Å². The highest BCUT2D eigenvalue weighted by Gasteiger charge is 2.30. The molecule has 5 nitrogen and oxygen atoms in total. The first-order chi connectivity index (χ1) is 7.52. The number of rotatable bonds is 5. The van der Waals surface area contributed by atoms with Crippen molar-refractivity contribution >= 4 is 24.3 Å². The fourth-order valence-electron chi connectivity index (χ4n) is 1.41. The molecule has 0 saturated heterocycles. The van der Waals surface area contributed by atoms with Crippen LogP contribution in [0.15, 0.2) is 30.3 Å². The Morgan fingerprint density at radius 3 is 2.06 bits per heavy atom. The highest BCUT2D eigenvalue weighted by Crippen LogP contribution is 2.12. The molecule has 0 aliphatic heterocycles. The lowest BCUT2D eigenvalue weighted by atomic mass is 9.93. The van der Waals surface area contributed by atoms with E-state index < -0.39 is 23.9 Å². The largest absolute Gasteiger partial charge is 0.481 e. The molecule has 0 spiro atoms. The van der Waals surface area contributed by atoms with E-state index in [0.29, 0.717) is 0 Å². The first-order valence-corrected chi connectivity index (χ1v) is 4.77. The van der Waals surface area contributed by atoms with Crippen molar-refractivity contribution in [2.24, 2.45) is 11.7 Å². The van der Waals surface area contributed by atoms with Crippen LogP contribution in [-0.4, -0.2) is 28.2 Å². The zero-order valence-electron chi connectivity index (χ0n) is 8.95. The maximum atomic E-state index is 10.9. The van der Waals surface area contributed by atoms with Crippen LogP contribution in [0.2, 0.25) is 0 Å². The fourth-order valence-corrected chi connectivity index (χ4v) is 1.41. The third kappa shape index (κ3) is 4.42. The third-order valence-electron chi connectivity index (χ3n) is 2.33. The van der Waals surface area contributed by atoms with Crippen LogP contribution in [0.3, 0.4) is 0 Å². The summed E-state index contributed by atoms with van der Waals surface area (Å²) in [4.78, 5) is 21.6. The van der Waals surface area contributed by atoms with Crippen molar-refractivity contribution in [3.8, 4) is 0 Å². The van der Waals surface area contributed by atoms with Gasteiger partial charge in [0.15, 0.2) is 0 Å². The summed E-state index contributed by atoms with van der Waals surface area (Å²) in [5.74, 6) is -3.61. The predicted molar refractivity (Wildman–Crippen MR) is 64.1 cm³/mol. The molecule has 6 heteroatoms. The Morgan fingerprint density at radius 2 is 1.65 bits per heavy atom. The number of halogens is 1. The van der Waals surface area contributed by atoms with Crippen LogP contribution >= 0.6 is 12.4 Å². The normalized spacial score (nSPS) is 13.2. The number of hydrogen-bond donors (Lipinski definition) is 3. The summed E-state index contributed by atoms with van der Waals surface area (Å²) in [6, 6.07) is 7.42. The Balaban J connectivity index is 0.00000256. The molecular weight excluding hydrogens is 246 g/mol. The summed E-state index contributed by atoms with van der Waals surface area (Å²) < 4.78 is 0. The number of carboxylic acid groups (broad SMARTS) is 2. The molecule has 0 unspecified atom stereocenters. The number of aliphatic carboxylic acids is 2. The lowest BCUT2D eigenvalue weighted by Crippen LogP contribution is -2.43. The standard InChI is InChI=1S/C11H13NO4.ClH/c12-9(11(15)16)8(10(13)14)6-7-4-2-1-3-5-7;/h1-5,8-9H,6,12H2,(H,13,14)(H,15,16);1H/t8-,9-;/m0./s1. The lowest BCUT2D eigenvalue weighted by molar-refractivity contribution is -0.149. The molecule has 0 aliphatic carbocycles. The molecular formula is C11H14ClNO4. The lowest BCUT2D eigenvalue weighted by Gasteiger charge is -2.16. The highest BCUT2D eigenvalue weighted by atomic mass is 35.5. The van der Waals surface area contributed by atoms with Crippen molar-refractivity contribution in [3.05, 3.63) is 35.9 Å². The van der Waals surface area contributed by atoms with Gasteiger partial charge in [-0.25, -0.2) is 0 Å². The topological polar surface area (TPSA) is 101 Å². The van der Waals surface area contributed by atoms with E-state index in [0.717, 1.165) is 5.56 Å². The second kappa shape index (κ2) is 6.88. The van der Waals surface area contributed by atoms with Gasteiger partial charge >= 0.3 is 11.9 Å². The second-order valence-corrected chi connectivity index (χ2v) is 3.50. The van der Waals surface area contributed by atoms with E-state index in [-0.39, 0.29) is 18.8 Å². The van der Waals surface area contributed by atoms with Crippen LogP contribution in [0.4, 0.5) is 0 Å². The SMILES string of the molecule is Cl.N[C@H](C(=O)O)[C@H](Cc1ccccc1)C(=O)O. The number of benzene rings is 1. The molecule has 1 aromatic carbocycles. The molecule has 0 amide bonds. The minimum absolute atomic E-state index is 0. The Kier molecular flexibility index (Phi) is 6.23. The Hall–Kier alpha value is -1.59. The van der Waals surface area contributed by atoms with Gasteiger partial charge in [0.1, 0.15) is 6.04 Å². The van der Waals surface area contributed by atoms with Gasteiger partial charge in [-0.15, -0.1) is 12.4 Å². The van der Waals surface area contributed by atoms with E-state index in [1.807, 2.05) is 0 Å². The van der Waals surface area contributed by atoms with Gasteiger partial charge < -0.3 is 15.9 Å². The zero-order chi connectivity index (χ0) is 12.1. The molecule has 0 bridgehead atoms. The molecule has 0 fully saturated rings. The van der Waals surface area contributed by atoms with Gasteiger partial charge in [-0.2, -0.15) is 0 Å². The molecule has 0 aliphatic rings. The fraction of sp³-hybridized carbons (Fsp3) is 0.273. The van der Waals surface area contributed by atoms with Gasteiger partial charge in [-0.3, -0.25) is 9.59 Å². The molecule has 17 heavy (non-hydrogen) atoms. The minimum atomic E-state index is -1.39. The summed E-state index contributed by atoms with van der Waals surface area (Å²) >= 11 is 0. The maximum absolute atomic E-state index is 10.9. The Labute approximate surface area is 105 Å². The Bertz CT molecular complexity index is 382. The van der Waals surface area contributed by atoms with Gasteiger partial charge in [0.25, 0.3) is 0 Å². The molecule has 0 aromatic heterocycles. The molecule has 4 N–H and O–H groups in total. The highest BCUT2D eigenvalue weighted by molar-refractivity contribution is 5.85. The average molecular weight is 260 g/mol. The molecule has 0 saturated carbocycles. The average Bonchev–Trinajstić information content (AvgIpc) is 2.26. The third-order valence-corrected chi connectivity index (χ3v) is 2.33.